The van der Waals surface area contributed by atoms with Crippen molar-refractivity contribution in [3.63, 3.8) is 0 Å². The molecule has 0 fully saturated rings. The van der Waals surface area contributed by atoms with Gasteiger partial charge < -0.3 is 9.30 Å². The molecule has 0 heterocycles. The van der Waals surface area contributed by atoms with Gasteiger partial charge in [0.15, 0.2) is 0 Å². The summed E-state index contributed by atoms with van der Waals surface area (Å²) in [4.78, 5) is 0. The van der Waals surface area contributed by atoms with Crippen molar-refractivity contribution >= 4 is 56.0 Å². The van der Waals surface area contributed by atoms with Gasteiger partial charge in [0.25, 0.3) is 0 Å². The van der Waals surface area contributed by atoms with Crippen molar-refractivity contribution in [2.24, 2.45) is 0 Å². The van der Waals surface area contributed by atoms with Gasteiger partial charge in [0.05, 0.1) is 0 Å². The van der Waals surface area contributed by atoms with Crippen molar-refractivity contribution in [3.8, 4) is 0 Å². The average Bonchev–Trinajstić information content (AvgIpc) is 1.64. The van der Waals surface area contributed by atoms with Crippen LogP contribution in [0.15, 0.2) is 0 Å². The first-order chi connectivity index (χ1) is 7.41. The fourth-order valence-corrected chi connectivity index (χ4v) is 20.2. The molecule has 0 spiro atoms. The van der Waals surface area contributed by atoms with Crippen LogP contribution in [0.25, 0.3) is 0 Å². The summed E-state index contributed by atoms with van der Waals surface area (Å²) in [6.45, 7) is 28.2. The van der Waals surface area contributed by atoms with Gasteiger partial charge in [-0.3, -0.25) is 0 Å². The van der Waals surface area contributed by atoms with E-state index in [0.29, 0.717) is 0 Å². The van der Waals surface area contributed by atoms with Crippen LogP contribution < -0.4 is 28.2 Å². The summed E-state index contributed by atoms with van der Waals surface area (Å²) in [6.07, 6.45) is 0. The Hall–Kier alpha value is 2.15. The summed E-state index contributed by atoms with van der Waals surface area (Å²) in [5.74, 6) is 0. The zero-order chi connectivity index (χ0) is 15.4. The molecule has 2 N–H and O–H groups in total. The summed E-state index contributed by atoms with van der Waals surface area (Å²) in [6, 6.07) is 0. The van der Waals surface area contributed by atoms with E-state index < -0.39 is 32.9 Å². The van der Waals surface area contributed by atoms with Gasteiger partial charge >= 0.3 is 41.9 Å². The van der Waals surface area contributed by atoms with Crippen LogP contribution in [-0.2, 0) is 0 Å². The molecule has 0 saturated carbocycles. The molecule has 0 unspecified atom stereocenters. The fraction of sp³-hybridized carbons (Fsp3) is 1.00. The predicted molar refractivity (Wildman–Crippen MR) is 105 cm³/mol. The standard InChI is InChI=1S/2C6H19NSi2.Li.Mg/c2*1-8(2,3)7-9(4,5)6;;/h2*7H,1-6H3;;/q;;+1;+2. The monoisotopic (exact) mass is 353 g/mol. The normalized spacial score (nSPS) is 12.6. The van der Waals surface area contributed by atoms with Crippen LogP contribution in [0.2, 0.25) is 78.6 Å². The van der Waals surface area contributed by atoms with Gasteiger partial charge in [0, 0.05) is 0 Å². The first kappa shape index (κ1) is 30.1. The minimum atomic E-state index is -0.981. The Labute approximate surface area is 161 Å². The average molecular weight is 354 g/mol. The summed E-state index contributed by atoms with van der Waals surface area (Å²) in [5.41, 5.74) is 0. The van der Waals surface area contributed by atoms with Gasteiger partial charge in [-0.05, 0) is 0 Å². The van der Waals surface area contributed by atoms with Gasteiger partial charge in [-0.1, -0.05) is 78.6 Å². The van der Waals surface area contributed by atoms with Crippen LogP contribution in [-0.4, -0.2) is 56.0 Å². The molecule has 20 heavy (non-hydrogen) atoms. The molecule has 0 rings (SSSR count). The summed E-state index contributed by atoms with van der Waals surface area (Å²) >= 11 is 0. The minimum absolute atomic E-state index is 0. The number of rotatable bonds is 4. The Bertz CT molecular complexity index is 190. The quantitative estimate of drug-likeness (QED) is 0.740. The van der Waals surface area contributed by atoms with E-state index in [4.69, 9.17) is 0 Å². The maximum Gasteiger partial charge on any atom is 2.00 e. The molecule has 0 aromatic rings. The molecule has 0 aromatic heterocycles. The summed E-state index contributed by atoms with van der Waals surface area (Å²) in [7, 11) is -3.92. The predicted octanol–water partition coefficient (Wildman–Crippen LogP) is 1.11. The van der Waals surface area contributed by atoms with E-state index >= 15 is 0 Å². The van der Waals surface area contributed by atoms with Crippen LogP contribution in [0.4, 0.5) is 0 Å². The van der Waals surface area contributed by atoms with Gasteiger partial charge in [0.2, 0.25) is 0 Å². The molecule has 0 aromatic carbocycles. The Morgan fingerprint density at radius 3 is 0.500 bits per heavy atom. The topological polar surface area (TPSA) is 24.1 Å². The van der Waals surface area contributed by atoms with E-state index in [2.05, 4.69) is 87.9 Å². The zero-order valence-electron chi connectivity index (χ0n) is 16.7. The third kappa shape index (κ3) is 36.9. The second-order valence-electron chi connectivity index (χ2n) is 9.25. The van der Waals surface area contributed by atoms with Crippen LogP contribution >= 0.6 is 0 Å². The van der Waals surface area contributed by atoms with Crippen molar-refractivity contribution in [1.82, 2.24) is 9.30 Å². The second kappa shape index (κ2) is 10.8. The molecule has 0 saturated heterocycles. The third-order valence-corrected chi connectivity index (χ3v) is 13.5. The van der Waals surface area contributed by atoms with E-state index in [9.17, 15) is 0 Å². The van der Waals surface area contributed by atoms with E-state index in [0.717, 1.165) is 0 Å². The second-order valence-corrected chi connectivity index (χ2v) is 29.2. The maximum atomic E-state index is 3.74. The number of hydrogen-bond acceptors (Lipinski definition) is 2. The van der Waals surface area contributed by atoms with E-state index in [1.807, 2.05) is 0 Å². The minimum Gasteiger partial charge on any atom is -0.360 e. The smallest absolute Gasteiger partial charge is 0.360 e. The molecule has 0 aliphatic rings. The van der Waals surface area contributed by atoms with Crippen molar-refractivity contribution in [3.05, 3.63) is 0 Å². The SMILES string of the molecule is C[Si](C)(C)N[Si](C)(C)C.C[Si](C)(C)N[Si](C)(C)C.[Li+].[Mg+2]. The van der Waals surface area contributed by atoms with E-state index in [1.165, 1.54) is 0 Å². The number of nitrogens with one attached hydrogen (secondary N) is 2. The van der Waals surface area contributed by atoms with Gasteiger partial charge in [-0.25, -0.2) is 0 Å². The van der Waals surface area contributed by atoms with Gasteiger partial charge in [-0.15, -0.1) is 0 Å². The molecule has 0 radical (unpaired) electrons. The molecule has 8 heteroatoms. The van der Waals surface area contributed by atoms with Crippen molar-refractivity contribution in [1.29, 1.82) is 0 Å². The zero-order valence-corrected chi connectivity index (χ0v) is 22.1. The molecular formula is C12H38LiMgN2Si4+3. The molecule has 112 valence electrons. The third-order valence-electron chi connectivity index (χ3n) is 1.50. The van der Waals surface area contributed by atoms with Crippen LogP contribution in [0.1, 0.15) is 0 Å². The molecular weight excluding hydrogens is 316 g/mol. The summed E-state index contributed by atoms with van der Waals surface area (Å²) in [5, 5.41) is 0. The van der Waals surface area contributed by atoms with Gasteiger partial charge in [0.1, 0.15) is 32.9 Å². The molecule has 0 amide bonds. The van der Waals surface area contributed by atoms with Crippen LogP contribution in [0.5, 0.6) is 0 Å². The summed E-state index contributed by atoms with van der Waals surface area (Å²) < 4.78 is 7.47. The molecule has 0 atom stereocenters. The van der Waals surface area contributed by atoms with E-state index in [-0.39, 0.29) is 41.9 Å². The molecule has 0 aliphatic heterocycles. The van der Waals surface area contributed by atoms with Crippen LogP contribution in [0.3, 0.4) is 0 Å². The number of hydrogen-bond donors (Lipinski definition) is 2. The largest absolute Gasteiger partial charge is 2.00 e. The van der Waals surface area contributed by atoms with Crippen molar-refractivity contribution < 1.29 is 18.9 Å². The van der Waals surface area contributed by atoms with Crippen molar-refractivity contribution in [2.45, 2.75) is 78.6 Å². The Balaban J connectivity index is -0.000000116. The van der Waals surface area contributed by atoms with E-state index in [1.54, 1.807) is 0 Å². The molecule has 0 bridgehead atoms. The van der Waals surface area contributed by atoms with Gasteiger partial charge in [-0.2, -0.15) is 0 Å². The van der Waals surface area contributed by atoms with Crippen LogP contribution in [0, 0.1) is 0 Å². The Morgan fingerprint density at radius 2 is 0.500 bits per heavy atom. The first-order valence-electron chi connectivity index (χ1n) is 7.00. The fourth-order valence-electron chi connectivity index (χ4n) is 2.25. The molecule has 0 aliphatic carbocycles. The van der Waals surface area contributed by atoms with Crippen molar-refractivity contribution in [2.75, 3.05) is 0 Å². The molecule has 2 nitrogen and oxygen atoms in total. The maximum absolute atomic E-state index is 3.74. The first-order valence-corrected chi connectivity index (χ1v) is 21.0. The Morgan fingerprint density at radius 1 is 0.400 bits per heavy atom. The Kier molecular flexibility index (Phi) is 16.3.